The molecule has 20 heavy (non-hydrogen) atoms. The first-order chi connectivity index (χ1) is 9.83. The minimum atomic E-state index is -0.905. The summed E-state index contributed by atoms with van der Waals surface area (Å²) in [6.07, 6.45) is 0. The molecule has 0 aliphatic carbocycles. The second-order valence-electron chi connectivity index (χ2n) is 4.16. The van der Waals surface area contributed by atoms with E-state index in [0.29, 0.717) is 6.61 Å². The zero-order chi connectivity index (χ0) is 13.9. The fourth-order valence-corrected chi connectivity index (χ4v) is 7.40. The molecule has 1 saturated heterocycles. The summed E-state index contributed by atoms with van der Waals surface area (Å²) in [4.78, 5) is 0. The van der Waals surface area contributed by atoms with E-state index in [2.05, 4.69) is 33.1 Å². The molecule has 0 atom stereocenters. The Morgan fingerprint density at radius 3 is 1.75 bits per heavy atom. The molecular formula is C14H15ClN2OP2. The van der Waals surface area contributed by atoms with E-state index in [0.717, 1.165) is 11.4 Å². The second kappa shape index (κ2) is 6.28. The van der Waals surface area contributed by atoms with Gasteiger partial charge in [0.25, 0.3) is 8.45 Å². The lowest BCUT2D eigenvalue weighted by Crippen LogP contribution is -2.35. The molecule has 3 nitrogen and oxygen atoms in total. The van der Waals surface area contributed by atoms with Crippen molar-refractivity contribution in [3.8, 4) is 0 Å². The Balaban J connectivity index is 1.88. The van der Waals surface area contributed by atoms with Gasteiger partial charge in [-0.25, -0.2) is 0 Å². The molecule has 2 aromatic rings. The van der Waals surface area contributed by atoms with Crippen LogP contribution < -0.4 is 8.88 Å². The van der Waals surface area contributed by atoms with Crippen LogP contribution in [0, 0.1) is 0 Å². The molecular weight excluding hydrogens is 310 g/mol. The first-order valence-electron chi connectivity index (χ1n) is 6.42. The standard InChI is InChI=1S/C14H15ClN2OP2/c1-2-18-20-16(13-9-5-3-6-10-13)19(15)17(20)14-11-7-4-8-12-14/h3-12H,2H2,1H3. The van der Waals surface area contributed by atoms with Crippen LogP contribution in [0.2, 0.25) is 0 Å². The summed E-state index contributed by atoms with van der Waals surface area (Å²) in [5.74, 6) is 0. The summed E-state index contributed by atoms with van der Waals surface area (Å²) in [6, 6.07) is 20.4. The molecule has 6 heteroatoms. The average molecular weight is 325 g/mol. The summed E-state index contributed by atoms with van der Waals surface area (Å²) >= 11 is 6.63. The van der Waals surface area contributed by atoms with Crippen LogP contribution in [0.25, 0.3) is 0 Å². The summed E-state index contributed by atoms with van der Waals surface area (Å²) in [5, 5.41) is 0. The molecule has 0 aromatic heterocycles. The van der Waals surface area contributed by atoms with Gasteiger partial charge in [0.15, 0.2) is 0 Å². The first-order valence-corrected chi connectivity index (χ1v) is 9.73. The van der Waals surface area contributed by atoms with Crippen molar-refractivity contribution < 1.29 is 4.52 Å². The van der Waals surface area contributed by atoms with Crippen molar-refractivity contribution >= 4 is 38.6 Å². The highest BCUT2D eigenvalue weighted by Gasteiger charge is 2.49. The molecule has 0 saturated carbocycles. The third kappa shape index (κ3) is 2.52. The lowest BCUT2D eigenvalue weighted by molar-refractivity contribution is 0.377. The van der Waals surface area contributed by atoms with Crippen LogP contribution in [0.3, 0.4) is 0 Å². The van der Waals surface area contributed by atoms with Gasteiger partial charge in [0.1, 0.15) is 0 Å². The zero-order valence-electron chi connectivity index (χ0n) is 11.1. The molecule has 1 aliphatic rings. The number of nitrogens with zero attached hydrogens (tertiary/aromatic N) is 2. The highest BCUT2D eigenvalue weighted by molar-refractivity contribution is 8.06. The predicted octanol–water partition coefficient (Wildman–Crippen LogP) is 5.74. The zero-order valence-corrected chi connectivity index (χ0v) is 13.6. The molecule has 1 heterocycles. The molecule has 1 fully saturated rings. The van der Waals surface area contributed by atoms with Gasteiger partial charge in [-0.15, -0.1) is 0 Å². The van der Waals surface area contributed by atoms with Crippen LogP contribution in [-0.2, 0) is 4.52 Å². The van der Waals surface area contributed by atoms with Crippen LogP contribution in [-0.4, -0.2) is 6.61 Å². The van der Waals surface area contributed by atoms with Crippen molar-refractivity contribution in [1.82, 2.24) is 0 Å². The van der Waals surface area contributed by atoms with Gasteiger partial charge in [-0.05, 0) is 42.4 Å². The molecule has 0 radical (unpaired) electrons. The largest absolute Gasteiger partial charge is 0.322 e. The molecule has 0 spiro atoms. The van der Waals surface area contributed by atoms with E-state index < -0.39 is 16.0 Å². The fourth-order valence-electron chi connectivity index (χ4n) is 1.99. The van der Waals surface area contributed by atoms with Crippen LogP contribution in [0.1, 0.15) is 6.92 Å². The number of para-hydroxylation sites is 2. The molecule has 0 bridgehead atoms. The maximum absolute atomic E-state index is 6.63. The summed E-state index contributed by atoms with van der Waals surface area (Å²) in [7, 11) is -1.76. The monoisotopic (exact) mass is 324 g/mol. The molecule has 3 rings (SSSR count). The number of benzene rings is 2. The van der Waals surface area contributed by atoms with Crippen molar-refractivity contribution in [2.24, 2.45) is 0 Å². The second-order valence-corrected chi connectivity index (χ2v) is 8.54. The maximum Gasteiger partial charge on any atom is 0.260 e. The van der Waals surface area contributed by atoms with Crippen molar-refractivity contribution in [1.29, 1.82) is 0 Å². The van der Waals surface area contributed by atoms with E-state index in [1.165, 1.54) is 0 Å². The summed E-state index contributed by atoms with van der Waals surface area (Å²) in [5.41, 5.74) is 2.25. The molecule has 0 unspecified atom stereocenters. The van der Waals surface area contributed by atoms with Crippen molar-refractivity contribution in [2.45, 2.75) is 6.92 Å². The maximum atomic E-state index is 6.63. The quantitative estimate of drug-likeness (QED) is 0.667. The highest BCUT2D eigenvalue weighted by atomic mass is 35.7. The van der Waals surface area contributed by atoms with Gasteiger partial charge >= 0.3 is 0 Å². The normalized spacial score (nSPS) is 21.7. The minimum absolute atomic E-state index is 0.679. The van der Waals surface area contributed by atoms with E-state index in [-0.39, 0.29) is 0 Å². The van der Waals surface area contributed by atoms with Crippen LogP contribution in [0.4, 0.5) is 11.4 Å². The van der Waals surface area contributed by atoms with Gasteiger partial charge in [-0.1, -0.05) is 36.4 Å². The number of hydrogen-bond donors (Lipinski definition) is 0. The van der Waals surface area contributed by atoms with Crippen LogP contribution in [0.15, 0.2) is 60.7 Å². The van der Waals surface area contributed by atoms with Crippen LogP contribution in [0.5, 0.6) is 0 Å². The lowest BCUT2D eigenvalue weighted by Gasteiger charge is -2.53. The lowest BCUT2D eigenvalue weighted by atomic mass is 10.3. The van der Waals surface area contributed by atoms with E-state index >= 15 is 0 Å². The Morgan fingerprint density at radius 1 is 0.900 bits per heavy atom. The van der Waals surface area contributed by atoms with Gasteiger partial charge in [0.2, 0.25) is 7.58 Å². The van der Waals surface area contributed by atoms with E-state index in [1.54, 1.807) is 0 Å². The topological polar surface area (TPSA) is 15.7 Å². The third-order valence-corrected chi connectivity index (χ3v) is 9.02. The fraction of sp³-hybridized carbons (Fsp3) is 0.143. The minimum Gasteiger partial charge on any atom is -0.322 e. The highest BCUT2D eigenvalue weighted by Crippen LogP contribution is 2.80. The Kier molecular flexibility index (Phi) is 4.43. The Morgan fingerprint density at radius 2 is 1.35 bits per heavy atom. The molecule has 0 amide bonds. The van der Waals surface area contributed by atoms with Crippen LogP contribution >= 0.6 is 27.3 Å². The van der Waals surface area contributed by atoms with E-state index in [9.17, 15) is 0 Å². The Bertz CT molecular complexity index is 510. The molecule has 104 valence electrons. The SMILES string of the molecule is CCOP1N(c2ccccc2)P(Cl)N1c1ccccc1. The predicted molar refractivity (Wildman–Crippen MR) is 89.2 cm³/mol. The summed E-state index contributed by atoms with van der Waals surface area (Å²) < 4.78 is 10.3. The number of anilines is 2. The van der Waals surface area contributed by atoms with E-state index in [1.807, 2.05) is 43.3 Å². The van der Waals surface area contributed by atoms with Gasteiger partial charge < -0.3 is 4.52 Å². The molecule has 2 aromatic carbocycles. The Hall–Kier alpha value is -0.850. The first kappa shape index (κ1) is 14.1. The van der Waals surface area contributed by atoms with E-state index in [4.69, 9.17) is 15.8 Å². The molecule has 1 aliphatic heterocycles. The number of hydrogen-bond acceptors (Lipinski definition) is 3. The van der Waals surface area contributed by atoms with Crippen molar-refractivity contribution in [2.75, 3.05) is 15.5 Å². The number of rotatable bonds is 4. The van der Waals surface area contributed by atoms with Gasteiger partial charge in [-0.2, -0.15) is 0 Å². The number of halogens is 1. The van der Waals surface area contributed by atoms with Gasteiger partial charge in [-0.3, -0.25) is 8.88 Å². The summed E-state index contributed by atoms with van der Waals surface area (Å²) in [6.45, 7) is 2.70. The third-order valence-electron chi connectivity index (χ3n) is 2.86. The smallest absolute Gasteiger partial charge is 0.260 e. The van der Waals surface area contributed by atoms with Crippen molar-refractivity contribution in [3.05, 3.63) is 60.7 Å². The van der Waals surface area contributed by atoms with Gasteiger partial charge in [0.05, 0.1) is 6.61 Å². The Labute approximate surface area is 126 Å². The average Bonchev–Trinajstić information content (AvgIpc) is 2.49. The molecule has 0 N–H and O–H groups in total. The van der Waals surface area contributed by atoms with Crippen molar-refractivity contribution in [3.63, 3.8) is 0 Å². The van der Waals surface area contributed by atoms with Gasteiger partial charge in [0, 0.05) is 11.4 Å².